The van der Waals surface area contributed by atoms with E-state index in [4.69, 9.17) is 14.2 Å². The highest BCUT2D eigenvalue weighted by Gasteiger charge is 2.31. The Morgan fingerprint density at radius 1 is 1.29 bits per heavy atom. The molecular weight excluding hydrogens is 218 g/mol. The second kappa shape index (κ2) is 4.55. The number of nitrogens with two attached hydrogens (primary N) is 1. The molecule has 0 unspecified atom stereocenters. The summed E-state index contributed by atoms with van der Waals surface area (Å²) < 4.78 is 16.9. The van der Waals surface area contributed by atoms with Crippen molar-refractivity contribution in [3.05, 3.63) is 24.3 Å². The molecule has 0 amide bonds. The predicted octanol–water partition coefficient (Wildman–Crippen LogP) is 0.177. The molecule has 0 bridgehead atoms. The number of rotatable bonds is 4. The molecule has 1 aromatic carbocycles. The molecule has 3 atom stereocenters. The van der Waals surface area contributed by atoms with Crippen LogP contribution < -0.4 is 14.8 Å². The lowest BCUT2D eigenvalue weighted by molar-refractivity contribution is -0.693. The van der Waals surface area contributed by atoms with Gasteiger partial charge in [-0.1, -0.05) is 12.1 Å². The minimum Gasteiger partial charge on any atom is -0.486 e. The molecule has 92 valence electrons. The van der Waals surface area contributed by atoms with E-state index < -0.39 is 0 Å². The van der Waals surface area contributed by atoms with Gasteiger partial charge in [0.25, 0.3) is 0 Å². The Hall–Kier alpha value is -1.26. The minimum atomic E-state index is 0.114. The zero-order chi connectivity index (χ0) is 11.7. The van der Waals surface area contributed by atoms with Gasteiger partial charge in [0.1, 0.15) is 25.3 Å². The van der Waals surface area contributed by atoms with Gasteiger partial charge in [0.2, 0.25) is 0 Å². The molecule has 1 aromatic rings. The third kappa shape index (κ3) is 2.53. The van der Waals surface area contributed by atoms with Crippen molar-refractivity contribution in [2.24, 2.45) is 0 Å². The summed E-state index contributed by atoms with van der Waals surface area (Å²) in [6.45, 7) is 4.72. The number of para-hydroxylation sites is 2. The second-order valence-electron chi connectivity index (χ2n) is 4.70. The van der Waals surface area contributed by atoms with Crippen molar-refractivity contribution < 1.29 is 19.5 Å². The highest BCUT2D eigenvalue weighted by atomic mass is 16.6. The molecule has 0 aromatic heterocycles. The maximum atomic E-state index is 5.95. The number of ether oxygens (including phenoxy) is 3. The lowest BCUT2D eigenvalue weighted by Gasteiger charge is -2.29. The van der Waals surface area contributed by atoms with Gasteiger partial charge in [-0.3, -0.25) is 0 Å². The Labute approximate surface area is 101 Å². The lowest BCUT2D eigenvalue weighted by Crippen LogP contribution is -2.93. The first-order valence-electron chi connectivity index (χ1n) is 6.16. The maximum absolute atomic E-state index is 5.95. The zero-order valence-electron chi connectivity index (χ0n) is 9.96. The van der Waals surface area contributed by atoms with Crippen LogP contribution in [0.1, 0.15) is 6.92 Å². The van der Waals surface area contributed by atoms with Crippen molar-refractivity contribution in [3.63, 3.8) is 0 Å². The normalized spacial score (nSPS) is 27.6. The fourth-order valence-electron chi connectivity index (χ4n) is 2.02. The quantitative estimate of drug-likeness (QED) is 0.758. The predicted molar refractivity (Wildman–Crippen MR) is 62.3 cm³/mol. The van der Waals surface area contributed by atoms with Crippen LogP contribution in [0.5, 0.6) is 11.5 Å². The maximum Gasteiger partial charge on any atom is 0.184 e. The number of epoxide rings is 1. The van der Waals surface area contributed by atoms with Crippen molar-refractivity contribution >= 4 is 0 Å². The zero-order valence-corrected chi connectivity index (χ0v) is 9.96. The topological polar surface area (TPSA) is 47.6 Å². The summed E-state index contributed by atoms with van der Waals surface area (Å²) in [5.74, 6) is 1.70. The van der Waals surface area contributed by atoms with Crippen LogP contribution in [-0.4, -0.2) is 38.0 Å². The Kier molecular flexibility index (Phi) is 2.91. The largest absolute Gasteiger partial charge is 0.486 e. The van der Waals surface area contributed by atoms with E-state index in [2.05, 4.69) is 12.2 Å². The fraction of sp³-hybridized carbons (Fsp3) is 0.538. The first kappa shape index (κ1) is 10.9. The summed E-state index contributed by atoms with van der Waals surface area (Å²) in [6.07, 6.45) is 0.567. The van der Waals surface area contributed by atoms with Crippen LogP contribution in [0.25, 0.3) is 0 Å². The highest BCUT2D eigenvalue weighted by molar-refractivity contribution is 5.40. The molecule has 0 spiro atoms. The first-order chi connectivity index (χ1) is 8.33. The van der Waals surface area contributed by atoms with Gasteiger partial charge in [-0.05, 0) is 19.1 Å². The van der Waals surface area contributed by atoms with E-state index in [1.54, 1.807) is 0 Å². The molecule has 2 aliphatic rings. The van der Waals surface area contributed by atoms with Gasteiger partial charge in [-0.15, -0.1) is 0 Å². The average molecular weight is 236 g/mol. The molecule has 17 heavy (non-hydrogen) atoms. The summed E-state index contributed by atoms with van der Waals surface area (Å²) in [4.78, 5) is 0. The molecule has 2 N–H and O–H groups in total. The molecule has 0 radical (unpaired) electrons. The monoisotopic (exact) mass is 236 g/mol. The first-order valence-corrected chi connectivity index (χ1v) is 6.16. The third-order valence-electron chi connectivity index (χ3n) is 3.29. The summed E-state index contributed by atoms with van der Waals surface area (Å²) >= 11 is 0. The summed E-state index contributed by atoms with van der Waals surface area (Å²) in [7, 11) is 0. The fourth-order valence-corrected chi connectivity index (χ4v) is 2.02. The second-order valence-corrected chi connectivity index (χ2v) is 4.70. The number of hydrogen-bond donors (Lipinski definition) is 1. The van der Waals surface area contributed by atoms with E-state index in [9.17, 15) is 0 Å². The van der Waals surface area contributed by atoms with E-state index in [0.29, 0.717) is 18.8 Å². The minimum absolute atomic E-state index is 0.114. The molecule has 2 aliphatic heterocycles. The van der Waals surface area contributed by atoms with Crippen molar-refractivity contribution in [1.29, 1.82) is 0 Å². The van der Waals surface area contributed by atoms with Gasteiger partial charge in [0.15, 0.2) is 17.6 Å². The smallest absolute Gasteiger partial charge is 0.184 e. The van der Waals surface area contributed by atoms with Gasteiger partial charge in [-0.25, -0.2) is 0 Å². The number of hydrogen-bond acceptors (Lipinski definition) is 3. The standard InChI is InChI=1S/C13H17NO3/c1-9(14-6-10-7-15-10)13-8-16-11-4-2-3-5-12(11)17-13/h2-5,9-10,13-14H,6-8H2,1H3/p+1/t9-,10-,13+/m1/s1. The Balaban J connectivity index is 1.58. The van der Waals surface area contributed by atoms with Crippen molar-refractivity contribution in [3.8, 4) is 11.5 Å². The van der Waals surface area contributed by atoms with Crippen molar-refractivity contribution in [2.45, 2.75) is 25.2 Å². The number of benzene rings is 1. The van der Waals surface area contributed by atoms with Crippen LogP contribution in [0, 0.1) is 0 Å². The van der Waals surface area contributed by atoms with Crippen molar-refractivity contribution in [2.75, 3.05) is 19.8 Å². The SMILES string of the molecule is C[C@@H]([NH2+]C[C@@H]1CO1)[C@@H]1COc2ccccc2O1. The highest BCUT2D eigenvalue weighted by Crippen LogP contribution is 2.31. The number of fused-ring (bicyclic) bond motifs is 1. The van der Waals surface area contributed by atoms with Crippen LogP contribution in [0.3, 0.4) is 0 Å². The van der Waals surface area contributed by atoms with Gasteiger partial charge >= 0.3 is 0 Å². The van der Waals surface area contributed by atoms with Crippen LogP contribution >= 0.6 is 0 Å². The third-order valence-corrected chi connectivity index (χ3v) is 3.29. The molecule has 1 fully saturated rings. The van der Waals surface area contributed by atoms with Gasteiger partial charge < -0.3 is 19.5 Å². The van der Waals surface area contributed by atoms with Crippen molar-refractivity contribution in [1.82, 2.24) is 0 Å². The van der Waals surface area contributed by atoms with Crippen LogP contribution in [0.2, 0.25) is 0 Å². The molecule has 4 heteroatoms. The van der Waals surface area contributed by atoms with Gasteiger partial charge in [0.05, 0.1) is 6.61 Å². The molecule has 3 rings (SSSR count). The molecule has 0 saturated carbocycles. The lowest BCUT2D eigenvalue weighted by atomic mass is 10.1. The molecule has 0 aliphatic carbocycles. The summed E-state index contributed by atoms with van der Waals surface area (Å²) in [5.41, 5.74) is 0. The molecule has 1 saturated heterocycles. The van der Waals surface area contributed by atoms with E-state index >= 15 is 0 Å². The Morgan fingerprint density at radius 3 is 2.82 bits per heavy atom. The summed E-state index contributed by atoms with van der Waals surface area (Å²) in [6, 6.07) is 8.21. The van der Waals surface area contributed by atoms with E-state index in [0.717, 1.165) is 24.7 Å². The van der Waals surface area contributed by atoms with E-state index in [1.165, 1.54) is 0 Å². The van der Waals surface area contributed by atoms with Crippen LogP contribution in [0.15, 0.2) is 24.3 Å². The van der Waals surface area contributed by atoms with E-state index in [-0.39, 0.29) is 6.10 Å². The van der Waals surface area contributed by atoms with Crippen LogP contribution in [0.4, 0.5) is 0 Å². The molecule has 2 heterocycles. The average Bonchev–Trinajstić information content (AvgIpc) is 3.19. The summed E-state index contributed by atoms with van der Waals surface area (Å²) in [5, 5.41) is 2.28. The van der Waals surface area contributed by atoms with Crippen LogP contribution in [-0.2, 0) is 4.74 Å². The Bertz CT molecular complexity index is 392. The number of quaternary nitrogens is 1. The van der Waals surface area contributed by atoms with E-state index in [1.807, 2.05) is 24.3 Å². The molecule has 4 nitrogen and oxygen atoms in total. The van der Waals surface area contributed by atoms with Gasteiger partial charge in [0, 0.05) is 0 Å². The van der Waals surface area contributed by atoms with Gasteiger partial charge in [-0.2, -0.15) is 0 Å². The Morgan fingerprint density at radius 2 is 2.06 bits per heavy atom. The molecular formula is C13H18NO3+.